The van der Waals surface area contributed by atoms with Gasteiger partial charge in [-0.15, -0.1) is 0 Å². The Balaban J connectivity index is 2.05. The number of fused-ring (bicyclic) bond motifs is 1. The van der Waals surface area contributed by atoms with Crippen molar-refractivity contribution in [2.45, 2.75) is 32.7 Å². The number of nitrogen functional groups attached to an aromatic ring is 1. The Labute approximate surface area is 121 Å². The topological polar surface area (TPSA) is 29.3 Å². The molecule has 0 atom stereocenters. The Morgan fingerprint density at radius 3 is 2.60 bits per heavy atom. The summed E-state index contributed by atoms with van der Waals surface area (Å²) < 4.78 is 0. The average Bonchev–Trinajstić information content (AvgIpc) is 2.37. The predicted octanol–water partition coefficient (Wildman–Crippen LogP) is 3.88. The number of para-hydroxylation sites is 1. The minimum absolute atomic E-state index is 0.142. The number of aryl methyl sites for hydroxylation is 1. The molecule has 2 aromatic rings. The van der Waals surface area contributed by atoms with E-state index in [1.54, 1.807) is 0 Å². The largest absolute Gasteiger partial charge is 0.399 e. The second-order valence-corrected chi connectivity index (χ2v) is 6.44. The first kappa shape index (κ1) is 13.0. The van der Waals surface area contributed by atoms with Gasteiger partial charge in [-0.05, 0) is 41.8 Å². The van der Waals surface area contributed by atoms with Crippen LogP contribution < -0.4 is 10.6 Å². The SMILES string of the molecule is Cc1ccccc1N1Cc2cc(N)ccc2C(C)(C)C1. The molecule has 0 bridgehead atoms. The summed E-state index contributed by atoms with van der Waals surface area (Å²) in [6.45, 7) is 8.78. The highest BCUT2D eigenvalue weighted by molar-refractivity contribution is 5.58. The number of anilines is 2. The summed E-state index contributed by atoms with van der Waals surface area (Å²) in [6, 6.07) is 14.9. The van der Waals surface area contributed by atoms with Gasteiger partial charge in [0.05, 0.1) is 0 Å². The van der Waals surface area contributed by atoms with Gasteiger partial charge in [0.25, 0.3) is 0 Å². The van der Waals surface area contributed by atoms with Gasteiger partial charge in [-0.2, -0.15) is 0 Å². The maximum atomic E-state index is 5.97. The van der Waals surface area contributed by atoms with Crippen LogP contribution in [0.15, 0.2) is 42.5 Å². The van der Waals surface area contributed by atoms with E-state index in [-0.39, 0.29) is 5.41 Å². The summed E-state index contributed by atoms with van der Waals surface area (Å²) in [4.78, 5) is 2.47. The molecule has 20 heavy (non-hydrogen) atoms. The number of hydrogen-bond donors (Lipinski definition) is 1. The van der Waals surface area contributed by atoms with Crippen LogP contribution in [0.25, 0.3) is 0 Å². The number of nitrogens with zero attached hydrogens (tertiary/aromatic N) is 1. The fourth-order valence-corrected chi connectivity index (χ4v) is 3.32. The third-order valence-electron chi connectivity index (χ3n) is 4.26. The van der Waals surface area contributed by atoms with Crippen LogP contribution in [0.4, 0.5) is 11.4 Å². The van der Waals surface area contributed by atoms with E-state index in [1.165, 1.54) is 22.4 Å². The monoisotopic (exact) mass is 266 g/mol. The third kappa shape index (κ3) is 2.15. The molecule has 0 fully saturated rings. The van der Waals surface area contributed by atoms with E-state index >= 15 is 0 Å². The average molecular weight is 266 g/mol. The van der Waals surface area contributed by atoms with Gasteiger partial charge in [-0.1, -0.05) is 38.1 Å². The Kier molecular flexibility index (Phi) is 2.97. The van der Waals surface area contributed by atoms with Crippen molar-refractivity contribution in [2.75, 3.05) is 17.2 Å². The van der Waals surface area contributed by atoms with Gasteiger partial charge >= 0.3 is 0 Å². The summed E-state index contributed by atoms with van der Waals surface area (Å²) in [5.74, 6) is 0. The van der Waals surface area contributed by atoms with Crippen LogP contribution in [0.5, 0.6) is 0 Å². The summed E-state index contributed by atoms with van der Waals surface area (Å²) in [5.41, 5.74) is 12.4. The lowest BCUT2D eigenvalue weighted by Gasteiger charge is -2.41. The zero-order chi connectivity index (χ0) is 14.3. The molecule has 2 nitrogen and oxygen atoms in total. The lowest BCUT2D eigenvalue weighted by atomic mass is 9.78. The molecule has 2 heteroatoms. The maximum Gasteiger partial charge on any atom is 0.0433 e. The fourth-order valence-electron chi connectivity index (χ4n) is 3.32. The smallest absolute Gasteiger partial charge is 0.0433 e. The molecule has 2 N–H and O–H groups in total. The van der Waals surface area contributed by atoms with Crippen molar-refractivity contribution in [2.24, 2.45) is 0 Å². The third-order valence-corrected chi connectivity index (χ3v) is 4.26. The first-order valence-corrected chi connectivity index (χ1v) is 7.17. The number of nitrogens with two attached hydrogens (primary N) is 1. The molecular formula is C18H22N2. The molecular weight excluding hydrogens is 244 g/mol. The van der Waals surface area contributed by atoms with Crippen molar-refractivity contribution in [3.8, 4) is 0 Å². The van der Waals surface area contributed by atoms with Gasteiger partial charge in [0.15, 0.2) is 0 Å². The molecule has 0 saturated heterocycles. The van der Waals surface area contributed by atoms with E-state index < -0.39 is 0 Å². The minimum Gasteiger partial charge on any atom is -0.399 e. The highest BCUT2D eigenvalue weighted by atomic mass is 15.1. The van der Waals surface area contributed by atoms with Gasteiger partial charge in [0, 0.05) is 29.9 Å². The van der Waals surface area contributed by atoms with Crippen molar-refractivity contribution in [1.29, 1.82) is 0 Å². The molecule has 3 rings (SSSR count). The van der Waals surface area contributed by atoms with Crippen molar-refractivity contribution in [1.82, 2.24) is 0 Å². The second kappa shape index (κ2) is 4.55. The summed E-state index contributed by atoms with van der Waals surface area (Å²) in [5, 5.41) is 0. The Bertz CT molecular complexity index is 644. The molecule has 104 valence electrons. The normalized spacial score (nSPS) is 16.9. The minimum atomic E-state index is 0.142. The van der Waals surface area contributed by atoms with E-state index in [1.807, 2.05) is 6.07 Å². The molecule has 0 radical (unpaired) electrons. The van der Waals surface area contributed by atoms with E-state index in [4.69, 9.17) is 5.73 Å². The number of benzene rings is 2. The van der Waals surface area contributed by atoms with Gasteiger partial charge in [-0.25, -0.2) is 0 Å². The van der Waals surface area contributed by atoms with Crippen LogP contribution in [0.1, 0.15) is 30.5 Å². The van der Waals surface area contributed by atoms with Crippen molar-refractivity contribution >= 4 is 11.4 Å². The van der Waals surface area contributed by atoms with E-state index in [0.717, 1.165) is 18.8 Å². The molecule has 2 aromatic carbocycles. The molecule has 0 saturated carbocycles. The molecule has 0 spiro atoms. The second-order valence-electron chi connectivity index (χ2n) is 6.44. The first-order chi connectivity index (χ1) is 9.47. The highest BCUT2D eigenvalue weighted by Gasteiger charge is 2.32. The Morgan fingerprint density at radius 1 is 1.10 bits per heavy atom. The van der Waals surface area contributed by atoms with Gasteiger partial charge < -0.3 is 10.6 Å². The molecule has 0 aromatic heterocycles. The van der Waals surface area contributed by atoms with E-state index in [2.05, 4.69) is 62.1 Å². The molecule has 1 aliphatic heterocycles. The standard InChI is InChI=1S/C18H22N2/c1-13-6-4-5-7-17(13)20-11-14-10-15(19)8-9-16(14)18(2,3)12-20/h4-10H,11-12,19H2,1-3H3. The summed E-state index contributed by atoms with van der Waals surface area (Å²) in [7, 11) is 0. The van der Waals surface area contributed by atoms with Crippen LogP contribution in [0.3, 0.4) is 0 Å². The number of hydrogen-bond acceptors (Lipinski definition) is 2. The Hall–Kier alpha value is -1.96. The van der Waals surface area contributed by atoms with E-state index in [9.17, 15) is 0 Å². The van der Waals surface area contributed by atoms with Gasteiger partial charge in [0.1, 0.15) is 0 Å². The molecule has 0 unspecified atom stereocenters. The molecule has 1 aliphatic rings. The van der Waals surface area contributed by atoms with Gasteiger partial charge in [0.2, 0.25) is 0 Å². The van der Waals surface area contributed by atoms with Crippen LogP contribution in [0.2, 0.25) is 0 Å². The lowest BCUT2D eigenvalue weighted by molar-refractivity contribution is 0.477. The first-order valence-electron chi connectivity index (χ1n) is 7.17. The number of rotatable bonds is 1. The van der Waals surface area contributed by atoms with Crippen LogP contribution >= 0.6 is 0 Å². The lowest BCUT2D eigenvalue weighted by Crippen LogP contribution is -2.42. The fraction of sp³-hybridized carbons (Fsp3) is 0.333. The molecule has 0 aliphatic carbocycles. The van der Waals surface area contributed by atoms with Crippen molar-refractivity contribution in [3.63, 3.8) is 0 Å². The quantitative estimate of drug-likeness (QED) is 0.794. The highest BCUT2D eigenvalue weighted by Crippen LogP contribution is 2.37. The molecule has 0 amide bonds. The van der Waals surface area contributed by atoms with Crippen LogP contribution in [0, 0.1) is 6.92 Å². The van der Waals surface area contributed by atoms with Crippen molar-refractivity contribution < 1.29 is 0 Å². The summed E-state index contributed by atoms with van der Waals surface area (Å²) >= 11 is 0. The van der Waals surface area contributed by atoms with Crippen LogP contribution in [-0.2, 0) is 12.0 Å². The van der Waals surface area contributed by atoms with Crippen LogP contribution in [-0.4, -0.2) is 6.54 Å². The zero-order valence-electron chi connectivity index (χ0n) is 12.5. The molecule has 1 heterocycles. The van der Waals surface area contributed by atoms with E-state index in [0.29, 0.717) is 0 Å². The Morgan fingerprint density at radius 2 is 1.85 bits per heavy atom. The predicted molar refractivity (Wildman–Crippen MR) is 86.1 cm³/mol. The maximum absolute atomic E-state index is 5.97. The van der Waals surface area contributed by atoms with Crippen molar-refractivity contribution in [3.05, 3.63) is 59.2 Å². The summed E-state index contributed by atoms with van der Waals surface area (Å²) in [6.07, 6.45) is 0. The zero-order valence-corrected chi connectivity index (χ0v) is 12.5. The van der Waals surface area contributed by atoms with Gasteiger partial charge in [-0.3, -0.25) is 0 Å².